The summed E-state index contributed by atoms with van der Waals surface area (Å²) in [6.07, 6.45) is -5.43. The number of ether oxygens (including phenoxy) is 1. The highest BCUT2D eigenvalue weighted by Gasteiger charge is 2.41. The van der Waals surface area contributed by atoms with Crippen LogP contribution in [0.5, 0.6) is 0 Å². The van der Waals surface area contributed by atoms with Crippen LogP contribution in [0, 0.1) is 11.6 Å². The third-order valence-electron chi connectivity index (χ3n) is 9.37. The van der Waals surface area contributed by atoms with Crippen molar-refractivity contribution in [2.24, 2.45) is 0 Å². The number of nitrogens with zero attached hydrogens (tertiary/aromatic N) is 6. The highest BCUT2D eigenvalue weighted by molar-refractivity contribution is 7.99. The molecule has 1 aromatic heterocycles. The minimum absolute atomic E-state index is 0.0725. The third-order valence-corrected chi connectivity index (χ3v) is 10.6. The molecule has 49 heavy (non-hydrogen) atoms. The molecule has 3 aromatic rings. The molecule has 0 saturated carbocycles. The van der Waals surface area contributed by atoms with Crippen molar-refractivity contribution in [1.82, 2.24) is 24.3 Å². The Kier molecular flexibility index (Phi) is 9.65. The van der Waals surface area contributed by atoms with Gasteiger partial charge in [0.15, 0.2) is 0 Å². The average Bonchev–Trinajstić information content (AvgIpc) is 3.02. The fourth-order valence-electron chi connectivity index (χ4n) is 6.98. The lowest BCUT2D eigenvalue weighted by molar-refractivity contribution is -0.137. The van der Waals surface area contributed by atoms with Crippen molar-refractivity contribution >= 4 is 34.6 Å². The van der Waals surface area contributed by atoms with E-state index in [-0.39, 0.29) is 47.0 Å². The van der Waals surface area contributed by atoms with E-state index in [0.29, 0.717) is 12.6 Å². The summed E-state index contributed by atoms with van der Waals surface area (Å²) in [5.74, 6) is -1.71. The summed E-state index contributed by atoms with van der Waals surface area (Å²) in [6.45, 7) is 14.5. The molecule has 0 bridgehead atoms. The van der Waals surface area contributed by atoms with Gasteiger partial charge in [0.2, 0.25) is 0 Å². The summed E-state index contributed by atoms with van der Waals surface area (Å²) in [5, 5.41) is 0.110. The van der Waals surface area contributed by atoms with Crippen molar-refractivity contribution in [1.29, 1.82) is 0 Å². The predicted molar refractivity (Wildman–Crippen MR) is 179 cm³/mol. The Hall–Kier alpha value is -3.43. The quantitative estimate of drug-likeness (QED) is 0.295. The Bertz CT molecular complexity index is 1800. The Morgan fingerprint density at radius 3 is 2.33 bits per heavy atom. The lowest BCUT2D eigenvalue weighted by atomic mass is 9.95. The van der Waals surface area contributed by atoms with Crippen molar-refractivity contribution in [3.8, 4) is 11.1 Å². The highest BCUT2D eigenvalue weighted by atomic mass is 32.2. The van der Waals surface area contributed by atoms with Crippen LogP contribution < -0.4 is 10.6 Å². The number of thioether (sulfide) groups is 1. The zero-order chi connectivity index (χ0) is 35.4. The van der Waals surface area contributed by atoms with Gasteiger partial charge in [0.05, 0.1) is 17.1 Å². The van der Waals surface area contributed by atoms with E-state index in [1.54, 1.807) is 25.7 Å². The second-order valence-corrected chi connectivity index (χ2v) is 14.9. The first-order valence-corrected chi connectivity index (χ1v) is 17.5. The SMILES string of the molecule is CCN1CCN(C[C@H]2CSc3c(-c4ccc(F)cc4F)c(C(F)(F)F)cc4c(N5CCN(C(=O)OC(C)(C)C)C[C@@H]5C)nc(=O)n2c34)CC1. The van der Waals surface area contributed by atoms with Crippen LogP contribution in [-0.4, -0.2) is 107 Å². The maximum atomic E-state index is 15.3. The monoisotopic (exact) mass is 708 g/mol. The molecule has 0 N–H and O–H groups in total. The van der Waals surface area contributed by atoms with Gasteiger partial charge in [-0.15, -0.1) is 11.8 Å². The summed E-state index contributed by atoms with van der Waals surface area (Å²) < 4.78 is 81.3. The van der Waals surface area contributed by atoms with Gasteiger partial charge < -0.3 is 19.4 Å². The number of piperazine rings is 2. The zero-order valence-electron chi connectivity index (χ0n) is 28.2. The van der Waals surface area contributed by atoms with E-state index in [9.17, 15) is 27.2 Å². The minimum Gasteiger partial charge on any atom is -0.444 e. The van der Waals surface area contributed by atoms with Crippen LogP contribution in [0.25, 0.3) is 22.0 Å². The summed E-state index contributed by atoms with van der Waals surface area (Å²) in [5.41, 5.74) is -3.01. The number of carbonyl (C=O) groups is 1. The molecule has 15 heteroatoms. The number of anilines is 1. The van der Waals surface area contributed by atoms with Gasteiger partial charge in [0, 0.05) is 91.6 Å². The number of likely N-dealkylation sites (N-methyl/N-ethyl adjacent to an activating group) is 1. The van der Waals surface area contributed by atoms with Crippen LogP contribution in [0.4, 0.5) is 32.6 Å². The molecule has 0 aliphatic carbocycles. The lowest BCUT2D eigenvalue weighted by Gasteiger charge is -2.42. The van der Waals surface area contributed by atoms with Crippen molar-refractivity contribution in [3.05, 3.63) is 51.9 Å². The van der Waals surface area contributed by atoms with Crippen LogP contribution in [0.3, 0.4) is 0 Å². The molecular formula is C34H41F5N6O3S. The van der Waals surface area contributed by atoms with Crippen molar-refractivity contribution < 1.29 is 31.5 Å². The topological polar surface area (TPSA) is 74.2 Å². The van der Waals surface area contributed by atoms with E-state index in [1.807, 2.05) is 6.92 Å². The van der Waals surface area contributed by atoms with Crippen molar-refractivity contribution in [2.75, 3.05) is 69.6 Å². The van der Waals surface area contributed by atoms with Crippen molar-refractivity contribution in [2.45, 2.75) is 63.4 Å². The van der Waals surface area contributed by atoms with Gasteiger partial charge in [-0.05, 0) is 52.4 Å². The molecule has 2 saturated heterocycles. The van der Waals surface area contributed by atoms with E-state index in [4.69, 9.17) is 4.74 Å². The lowest BCUT2D eigenvalue weighted by Crippen LogP contribution is -2.55. The molecular weight excluding hydrogens is 667 g/mol. The van der Waals surface area contributed by atoms with Gasteiger partial charge >= 0.3 is 18.0 Å². The molecule has 2 atom stereocenters. The van der Waals surface area contributed by atoms with Gasteiger partial charge in [0.25, 0.3) is 0 Å². The number of rotatable bonds is 5. The summed E-state index contributed by atoms with van der Waals surface area (Å²) in [7, 11) is 0. The Morgan fingerprint density at radius 1 is 1.02 bits per heavy atom. The molecule has 9 nitrogen and oxygen atoms in total. The first-order chi connectivity index (χ1) is 23.1. The molecule has 2 fully saturated rings. The fourth-order valence-corrected chi connectivity index (χ4v) is 8.30. The molecule has 2 aromatic carbocycles. The molecule has 0 unspecified atom stereocenters. The second kappa shape index (κ2) is 13.4. The number of alkyl halides is 3. The summed E-state index contributed by atoms with van der Waals surface area (Å²) >= 11 is 1.15. The maximum absolute atomic E-state index is 15.3. The number of carbonyl (C=O) groups excluding carboxylic acids is 1. The Morgan fingerprint density at radius 2 is 1.71 bits per heavy atom. The second-order valence-electron chi connectivity index (χ2n) is 13.9. The van der Waals surface area contributed by atoms with Gasteiger partial charge in [0.1, 0.15) is 23.1 Å². The van der Waals surface area contributed by atoms with Gasteiger partial charge in [-0.25, -0.2) is 18.4 Å². The molecule has 0 radical (unpaired) electrons. The molecule has 266 valence electrons. The van der Waals surface area contributed by atoms with Crippen LogP contribution in [0.1, 0.15) is 46.2 Å². The molecule has 0 spiro atoms. The molecule has 3 aliphatic heterocycles. The highest BCUT2D eigenvalue weighted by Crippen LogP contribution is 2.50. The number of aromatic nitrogens is 2. The first kappa shape index (κ1) is 35.4. The van der Waals surface area contributed by atoms with E-state index in [2.05, 4.69) is 21.7 Å². The maximum Gasteiger partial charge on any atom is 0.417 e. The number of hydrogen-bond donors (Lipinski definition) is 0. The van der Waals surface area contributed by atoms with E-state index >= 15 is 4.39 Å². The predicted octanol–water partition coefficient (Wildman–Crippen LogP) is 6.09. The number of amides is 1. The van der Waals surface area contributed by atoms with Gasteiger partial charge in [-0.2, -0.15) is 18.2 Å². The normalized spacial score (nSPS) is 21.0. The average molecular weight is 709 g/mol. The van der Waals surface area contributed by atoms with Crippen LogP contribution in [0.15, 0.2) is 34.0 Å². The largest absolute Gasteiger partial charge is 0.444 e. The minimum atomic E-state index is -4.92. The Balaban J connectivity index is 1.51. The summed E-state index contributed by atoms with van der Waals surface area (Å²) in [4.78, 5) is 39.3. The molecule has 4 heterocycles. The molecule has 3 aliphatic rings. The smallest absolute Gasteiger partial charge is 0.417 e. The first-order valence-electron chi connectivity index (χ1n) is 16.5. The van der Waals surface area contributed by atoms with Crippen LogP contribution >= 0.6 is 11.8 Å². The fraction of sp³-hybridized carbons (Fsp3) is 0.559. The van der Waals surface area contributed by atoms with Gasteiger partial charge in [-0.1, -0.05) is 6.92 Å². The van der Waals surface area contributed by atoms with Crippen LogP contribution in [-0.2, 0) is 10.9 Å². The number of benzene rings is 2. The van der Waals surface area contributed by atoms with Crippen molar-refractivity contribution in [3.63, 3.8) is 0 Å². The standard InChI is InChI=1S/C34H41F5N6O3S/c1-6-41-9-11-42(12-10-41)18-22-19-49-29-27(23-8-7-21(35)15-26(23)36)25(34(37,38)39)16-24-28(29)45(22)31(46)40-30(24)44-14-13-43(17-20(44)2)32(47)48-33(3,4)5/h7-8,15-16,20,22H,6,9-14,17-19H2,1-5H3/t20-,22-/m0/s1. The Labute approximate surface area is 286 Å². The summed E-state index contributed by atoms with van der Waals surface area (Å²) in [6, 6.07) is 2.62. The van der Waals surface area contributed by atoms with E-state index < -0.39 is 64.0 Å². The van der Waals surface area contributed by atoms with E-state index in [0.717, 1.165) is 62.7 Å². The molecule has 6 rings (SSSR count). The number of hydrogen-bond acceptors (Lipinski definition) is 8. The van der Waals surface area contributed by atoms with E-state index in [1.165, 1.54) is 9.47 Å². The van der Waals surface area contributed by atoms with Gasteiger partial charge in [-0.3, -0.25) is 9.47 Å². The molecule has 1 amide bonds. The zero-order valence-corrected chi connectivity index (χ0v) is 29.1. The number of halogens is 5. The van der Waals surface area contributed by atoms with Crippen LogP contribution in [0.2, 0.25) is 0 Å². The third kappa shape index (κ3) is 7.11.